The van der Waals surface area contributed by atoms with Gasteiger partial charge in [-0.05, 0) is 60.6 Å². The molecule has 0 aliphatic carbocycles. The number of aromatic nitrogens is 1. The molecule has 198 valence electrons. The first kappa shape index (κ1) is 27.1. The van der Waals surface area contributed by atoms with Gasteiger partial charge in [-0.1, -0.05) is 60.7 Å². The van der Waals surface area contributed by atoms with Gasteiger partial charge in [-0.2, -0.15) is 0 Å². The van der Waals surface area contributed by atoms with Crippen molar-refractivity contribution < 1.29 is 15.0 Å². The quantitative estimate of drug-likeness (QED) is 0.185. The van der Waals surface area contributed by atoms with Crippen molar-refractivity contribution in [1.82, 2.24) is 15.6 Å². The molecule has 0 spiro atoms. The van der Waals surface area contributed by atoms with Crippen LogP contribution in [-0.2, 0) is 24.1 Å². The standard InChI is InChI=1S/C31H35N3O4/c1-21(33-20-28(36)25-12-14-27(35)31-26(25)13-15-29(37)34-31)17-23-9-5-10-24(18-23)19-30(38)32-16-6-11-22-7-3-2-4-8-22/h2-5,7-10,12-15,18,21,28,33,35-36H,6,11,16-17,19-20H2,1H3,(H,32,38)(H,34,37)/t21?,28-/m0/s1. The minimum Gasteiger partial charge on any atom is -0.506 e. The summed E-state index contributed by atoms with van der Waals surface area (Å²) in [6.45, 7) is 3.01. The van der Waals surface area contributed by atoms with Crippen LogP contribution < -0.4 is 16.2 Å². The highest BCUT2D eigenvalue weighted by molar-refractivity contribution is 5.87. The van der Waals surface area contributed by atoms with Crippen molar-refractivity contribution in [1.29, 1.82) is 0 Å². The first-order chi connectivity index (χ1) is 18.4. The summed E-state index contributed by atoms with van der Waals surface area (Å²) in [6, 6.07) is 24.5. The van der Waals surface area contributed by atoms with Crippen molar-refractivity contribution in [2.45, 2.75) is 44.8 Å². The molecular formula is C31H35N3O4. The molecular weight excluding hydrogens is 478 g/mol. The number of benzene rings is 3. The lowest BCUT2D eigenvalue weighted by atomic mass is 10.0. The summed E-state index contributed by atoms with van der Waals surface area (Å²) in [7, 11) is 0. The molecule has 0 aliphatic heterocycles. The van der Waals surface area contributed by atoms with E-state index in [1.54, 1.807) is 12.1 Å². The highest BCUT2D eigenvalue weighted by Crippen LogP contribution is 2.28. The molecule has 0 fully saturated rings. The highest BCUT2D eigenvalue weighted by Gasteiger charge is 2.15. The molecule has 1 aromatic heterocycles. The van der Waals surface area contributed by atoms with Crippen molar-refractivity contribution >= 4 is 16.8 Å². The number of hydrogen-bond acceptors (Lipinski definition) is 5. The molecule has 0 bridgehead atoms. The zero-order valence-corrected chi connectivity index (χ0v) is 21.6. The van der Waals surface area contributed by atoms with E-state index < -0.39 is 6.10 Å². The third-order valence-electron chi connectivity index (χ3n) is 6.63. The molecule has 1 heterocycles. The molecule has 4 rings (SSSR count). The van der Waals surface area contributed by atoms with E-state index in [9.17, 15) is 19.8 Å². The molecule has 5 N–H and O–H groups in total. The van der Waals surface area contributed by atoms with Crippen LogP contribution in [0, 0.1) is 0 Å². The summed E-state index contributed by atoms with van der Waals surface area (Å²) in [4.78, 5) is 26.7. The number of aromatic amines is 1. The summed E-state index contributed by atoms with van der Waals surface area (Å²) >= 11 is 0. The maximum atomic E-state index is 12.4. The molecule has 7 heteroatoms. The van der Waals surface area contributed by atoms with E-state index in [0.29, 0.717) is 36.0 Å². The zero-order chi connectivity index (χ0) is 26.9. The van der Waals surface area contributed by atoms with E-state index in [1.165, 1.54) is 17.7 Å². The molecule has 2 atom stereocenters. The second-order valence-corrected chi connectivity index (χ2v) is 9.75. The number of fused-ring (bicyclic) bond motifs is 1. The van der Waals surface area contributed by atoms with Gasteiger partial charge in [-0.15, -0.1) is 0 Å². The number of rotatable bonds is 12. The average Bonchev–Trinajstić information content (AvgIpc) is 2.91. The fraction of sp³-hybridized carbons (Fsp3) is 0.290. The van der Waals surface area contributed by atoms with Crippen LogP contribution in [-0.4, -0.2) is 40.2 Å². The zero-order valence-electron chi connectivity index (χ0n) is 21.6. The number of aromatic hydroxyl groups is 1. The van der Waals surface area contributed by atoms with Crippen LogP contribution in [0.25, 0.3) is 10.9 Å². The van der Waals surface area contributed by atoms with Crippen molar-refractivity contribution in [3.05, 3.63) is 111 Å². The van der Waals surface area contributed by atoms with Crippen molar-refractivity contribution in [3.8, 4) is 5.75 Å². The van der Waals surface area contributed by atoms with Gasteiger partial charge in [0.25, 0.3) is 0 Å². The molecule has 0 saturated heterocycles. The van der Waals surface area contributed by atoms with E-state index in [4.69, 9.17) is 0 Å². The Labute approximate surface area is 222 Å². The molecule has 0 aliphatic rings. The SMILES string of the molecule is CC(Cc1cccc(CC(=O)NCCCc2ccccc2)c1)NC[C@H](O)c1ccc(O)c2[nH]c(=O)ccc12. The number of phenols is 1. The number of amides is 1. The largest absolute Gasteiger partial charge is 0.506 e. The maximum Gasteiger partial charge on any atom is 0.248 e. The normalized spacial score (nSPS) is 12.8. The Hall–Kier alpha value is -3.94. The number of nitrogens with one attached hydrogen (secondary N) is 3. The number of phenolic OH excluding ortho intramolecular Hbond substituents is 1. The van der Waals surface area contributed by atoms with Gasteiger partial charge in [-0.3, -0.25) is 9.59 Å². The van der Waals surface area contributed by atoms with Crippen LogP contribution in [0.2, 0.25) is 0 Å². The maximum absolute atomic E-state index is 12.4. The van der Waals surface area contributed by atoms with Gasteiger partial charge < -0.3 is 25.8 Å². The number of carbonyl (C=O) groups is 1. The number of H-pyrrole nitrogens is 1. The van der Waals surface area contributed by atoms with E-state index >= 15 is 0 Å². The summed E-state index contributed by atoms with van der Waals surface area (Å²) in [5, 5.41) is 27.9. The highest BCUT2D eigenvalue weighted by atomic mass is 16.3. The van der Waals surface area contributed by atoms with Crippen molar-refractivity contribution in [2.24, 2.45) is 0 Å². The fourth-order valence-corrected chi connectivity index (χ4v) is 4.68. The molecule has 1 unspecified atom stereocenters. The minimum atomic E-state index is -0.816. The molecule has 0 radical (unpaired) electrons. The monoisotopic (exact) mass is 513 g/mol. The number of carbonyl (C=O) groups excluding carboxylic acids is 1. The lowest BCUT2D eigenvalue weighted by Crippen LogP contribution is -2.32. The van der Waals surface area contributed by atoms with Gasteiger partial charge >= 0.3 is 0 Å². The predicted octanol–water partition coefficient (Wildman–Crippen LogP) is 3.78. The summed E-state index contributed by atoms with van der Waals surface area (Å²) in [5.74, 6) is -0.0114. The molecule has 38 heavy (non-hydrogen) atoms. The minimum absolute atomic E-state index is 0.0203. The summed E-state index contributed by atoms with van der Waals surface area (Å²) < 4.78 is 0. The van der Waals surface area contributed by atoms with Crippen LogP contribution in [0.5, 0.6) is 5.75 Å². The van der Waals surface area contributed by atoms with Crippen LogP contribution in [0.15, 0.2) is 83.7 Å². The van der Waals surface area contributed by atoms with Crippen LogP contribution in [0.4, 0.5) is 0 Å². The Morgan fingerprint density at radius 2 is 1.71 bits per heavy atom. The molecule has 1 amide bonds. The van der Waals surface area contributed by atoms with Gasteiger partial charge in [0.15, 0.2) is 0 Å². The first-order valence-corrected chi connectivity index (χ1v) is 13.0. The second kappa shape index (κ2) is 13.0. The van der Waals surface area contributed by atoms with E-state index in [2.05, 4.69) is 33.8 Å². The smallest absolute Gasteiger partial charge is 0.248 e. The topological polar surface area (TPSA) is 114 Å². The molecule has 4 aromatic rings. The van der Waals surface area contributed by atoms with E-state index in [1.807, 2.05) is 43.3 Å². The first-order valence-electron chi connectivity index (χ1n) is 13.0. The third-order valence-corrected chi connectivity index (χ3v) is 6.63. The van der Waals surface area contributed by atoms with Crippen molar-refractivity contribution in [2.75, 3.05) is 13.1 Å². The second-order valence-electron chi connectivity index (χ2n) is 9.75. The van der Waals surface area contributed by atoms with Crippen molar-refractivity contribution in [3.63, 3.8) is 0 Å². The fourth-order valence-electron chi connectivity index (χ4n) is 4.68. The number of aliphatic hydroxyl groups is 1. The van der Waals surface area contributed by atoms with Crippen LogP contribution in [0.3, 0.4) is 0 Å². The average molecular weight is 514 g/mol. The number of hydrogen-bond donors (Lipinski definition) is 5. The van der Waals surface area contributed by atoms with E-state index in [-0.39, 0.29) is 23.3 Å². The van der Waals surface area contributed by atoms with Gasteiger partial charge in [-0.25, -0.2) is 0 Å². The Morgan fingerprint density at radius 1 is 0.947 bits per heavy atom. The Balaban J connectivity index is 1.25. The Bertz CT molecular complexity index is 1420. The predicted molar refractivity (Wildman–Crippen MR) is 150 cm³/mol. The molecule has 3 aromatic carbocycles. The Kier molecular flexibility index (Phi) is 9.30. The van der Waals surface area contributed by atoms with Crippen LogP contribution >= 0.6 is 0 Å². The summed E-state index contributed by atoms with van der Waals surface area (Å²) in [5.41, 5.74) is 4.00. The molecule has 0 saturated carbocycles. The van der Waals surface area contributed by atoms with Gasteiger partial charge in [0.1, 0.15) is 5.75 Å². The van der Waals surface area contributed by atoms with Crippen LogP contribution in [0.1, 0.15) is 41.7 Å². The number of aliphatic hydroxyl groups excluding tert-OH is 1. The summed E-state index contributed by atoms with van der Waals surface area (Å²) in [6.07, 6.45) is 2.11. The lowest BCUT2D eigenvalue weighted by molar-refractivity contribution is -0.120. The molecule has 7 nitrogen and oxygen atoms in total. The Morgan fingerprint density at radius 3 is 2.53 bits per heavy atom. The van der Waals surface area contributed by atoms with Gasteiger partial charge in [0, 0.05) is 30.6 Å². The number of aryl methyl sites for hydroxylation is 1. The third kappa shape index (κ3) is 7.54. The number of pyridine rings is 1. The van der Waals surface area contributed by atoms with E-state index in [0.717, 1.165) is 30.4 Å². The van der Waals surface area contributed by atoms with Gasteiger partial charge in [0.05, 0.1) is 18.0 Å². The lowest BCUT2D eigenvalue weighted by Gasteiger charge is -2.19. The van der Waals surface area contributed by atoms with Gasteiger partial charge in [0.2, 0.25) is 11.5 Å².